The van der Waals surface area contributed by atoms with Crippen LogP contribution < -0.4 is 22.9 Å². The molecule has 2 saturated heterocycles. The molecule has 4 spiro atoms. The monoisotopic (exact) mass is 1560 g/mol. The topological polar surface area (TPSA) is 262 Å². The maximum Gasteiger partial charge on any atom is 0.0888 e. The minimum Gasteiger partial charge on any atom is -0.384 e. The summed E-state index contributed by atoms with van der Waals surface area (Å²) in [5.41, 5.74) is 42.4. The summed E-state index contributed by atoms with van der Waals surface area (Å²) >= 11 is 0. The summed E-state index contributed by atoms with van der Waals surface area (Å²) < 4.78 is 56.2. The lowest BCUT2D eigenvalue weighted by molar-refractivity contribution is -0.0397. The molecule has 0 atom stereocenters. The lowest BCUT2D eigenvalue weighted by Crippen LogP contribution is -2.36. The van der Waals surface area contributed by atoms with Crippen LogP contribution in [-0.4, -0.2) is 231 Å². The van der Waals surface area contributed by atoms with Crippen LogP contribution in [0.4, 0.5) is 0 Å². The minimum atomic E-state index is 0.153. The van der Waals surface area contributed by atoms with Gasteiger partial charge < -0.3 is 60.8 Å². The summed E-state index contributed by atoms with van der Waals surface area (Å²) in [4.78, 5) is 9.21. The standard InChI is InChI=1S/2C23H38N4O.C22H40N4O3.C20H36N4O3/c2*1-21(2)14-23(28-16-21)6-4-17(5-7-23)20-18(13-26(3)11-10-24)25-27-15-22(8-9-22)12-19(20)27;1-4-27-16-22(17-28-5-2)8-6-18(7-9-22)21-19(14-25(3)11-10-23)24-26-12-13-29-15-20(21)26;1-23(9-8-21)12-17-19(18-13-27-11-10-24(18)22-17)16-4-6-20(7-5-16,14-25-2)15-26-3/h2*17H,4-16,24H2,1-3H3;18H,4-17,23H2,1-3H3;16H,4-15,21H2,1-3H3. The van der Waals surface area contributed by atoms with Gasteiger partial charge in [-0.15, -0.1) is 0 Å². The van der Waals surface area contributed by atoms with Gasteiger partial charge >= 0.3 is 0 Å². The molecule has 0 aromatic carbocycles. The second-order valence-corrected chi connectivity index (χ2v) is 39.4. The molecular formula is C88H152N16O8. The van der Waals surface area contributed by atoms with E-state index in [1.165, 1.54) is 148 Å². The first kappa shape index (κ1) is 86.1. The summed E-state index contributed by atoms with van der Waals surface area (Å²) in [5.74, 6) is 2.41. The van der Waals surface area contributed by atoms with E-state index >= 15 is 0 Å². The molecule has 4 aromatic rings. The Balaban J connectivity index is 0.000000131. The zero-order chi connectivity index (χ0) is 79.1. The highest BCUT2D eigenvalue weighted by Gasteiger charge is 2.54. The first-order chi connectivity index (χ1) is 53.9. The minimum absolute atomic E-state index is 0.153. The first-order valence-electron chi connectivity index (χ1n) is 44.3. The van der Waals surface area contributed by atoms with Crippen molar-refractivity contribution in [3.05, 3.63) is 67.8 Å². The second-order valence-electron chi connectivity index (χ2n) is 39.4. The van der Waals surface area contributed by atoms with Crippen LogP contribution in [0.5, 0.6) is 0 Å². The molecule has 112 heavy (non-hydrogen) atoms. The SMILES string of the molecule is CCOCC1(COCC)CCC(c2c(CN(C)CCN)nn3c2COCC3)CC1.CN(CCN)Cc1nn2c(c1C1CCC3(CC1)CC(C)(C)CO3)CC1(CC1)C2.CN(CCN)Cc1nn2c(c1C1CCC3(CC1)CC(C)(C)CO3)CC1(CC1)C2.COCC1(COC)CCC(c2c(CN(C)CCN)nn3c2COCC3)CC1. The molecule has 6 aliphatic carbocycles. The van der Waals surface area contributed by atoms with E-state index in [4.69, 9.17) is 81.2 Å². The van der Waals surface area contributed by atoms with Crippen LogP contribution in [0.25, 0.3) is 0 Å². The van der Waals surface area contributed by atoms with Crippen molar-refractivity contribution in [2.45, 2.75) is 296 Å². The highest BCUT2D eigenvalue weighted by Crippen LogP contribution is 2.59. The van der Waals surface area contributed by atoms with E-state index < -0.39 is 0 Å². The van der Waals surface area contributed by atoms with Gasteiger partial charge in [-0.2, -0.15) is 20.4 Å². The maximum absolute atomic E-state index is 6.38. The van der Waals surface area contributed by atoms with Crippen LogP contribution in [-0.2, 0) is 116 Å². The van der Waals surface area contributed by atoms with Crippen molar-refractivity contribution in [1.29, 1.82) is 0 Å². The predicted octanol–water partition coefficient (Wildman–Crippen LogP) is 11.2. The van der Waals surface area contributed by atoms with Crippen LogP contribution in [0.3, 0.4) is 0 Å². The number of aromatic nitrogens is 8. The summed E-state index contributed by atoms with van der Waals surface area (Å²) in [6.45, 7) is 37.0. The van der Waals surface area contributed by atoms with Crippen molar-refractivity contribution in [3.8, 4) is 0 Å². The third-order valence-electron chi connectivity index (χ3n) is 28.5. The molecule has 0 unspecified atom stereocenters. The van der Waals surface area contributed by atoms with E-state index in [0.29, 0.717) is 84.7 Å². The maximum atomic E-state index is 6.38. The number of rotatable bonds is 30. The fraction of sp³-hybridized carbons (Fsp3) is 0.864. The Bertz CT molecular complexity index is 3490. The fourth-order valence-corrected chi connectivity index (χ4v) is 22.4. The zero-order valence-electron chi connectivity index (χ0n) is 72.0. The lowest BCUT2D eigenvalue weighted by Gasteiger charge is -2.40. The van der Waals surface area contributed by atoms with Gasteiger partial charge in [-0.05, 0) is 241 Å². The van der Waals surface area contributed by atoms with Crippen LogP contribution in [0, 0.1) is 32.5 Å². The largest absolute Gasteiger partial charge is 0.384 e. The Hall–Kier alpha value is -3.80. The normalized spacial score (nSPS) is 23.5. The van der Waals surface area contributed by atoms with E-state index in [1.54, 1.807) is 36.7 Å². The quantitative estimate of drug-likeness (QED) is 0.0378. The van der Waals surface area contributed by atoms with Crippen LogP contribution in [0.15, 0.2) is 0 Å². The first-order valence-corrected chi connectivity index (χ1v) is 44.3. The molecule has 632 valence electrons. The average molecular weight is 1560 g/mol. The molecular weight excluding hydrogens is 1410 g/mol. The van der Waals surface area contributed by atoms with Crippen molar-refractivity contribution in [3.63, 3.8) is 0 Å². The van der Waals surface area contributed by atoms with E-state index in [1.807, 2.05) is 0 Å². The van der Waals surface area contributed by atoms with Crippen molar-refractivity contribution >= 4 is 0 Å². The Morgan fingerprint density at radius 1 is 0.411 bits per heavy atom. The van der Waals surface area contributed by atoms with Gasteiger partial charge in [-0.3, -0.25) is 38.3 Å². The van der Waals surface area contributed by atoms with E-state index in [0.717, 1.165) is 196 Å². The third-order valence-corrected chi connectivity index (χ3v) is 28.5. The van der Waals surface area contributed by atoms with Gasteiger partial charge in [0, 0.05) is 164 Å². The van der Waals surface area contributed by atoms with Crippen molar-refractivity contribution in [2.24, 2.45) is 55.4 Å². The van der Waals surface area contributed by atoms with Gasteiger partial charge in [0.1, 0.15) is 0 Å². The number of likely N-dealkylation sites (N-methyl/N-ethyl adjacent to an activating group) is 4. The molecule has 24 heteroatoms. The van der Waals surface area contributed by atoms with E-state index in [9.17, 15) is 0 Å². The smallest absolute Gasteiger partial charge is 0.0888 e. The van der Waals surface area contributed by atoms with Crippen LogP contribution in [0.2, 0.25) is 0 Å². The molecule has 12 aliphatic rings. The number of ether oxygens (including phenoxy) is 8. The summed E-state index contributed by atoms with van der Waals surface area (Å²) in [5, 5.41) is 20.2. The summed E-state index contributed by atoms with van der Waals surface area (Å²) in [6.07, 6.45) is 29.6. The van der Waals surface area contributed by atoms with Crippen molar-refractivity contribution in [1.82, 2.24) is 58.7 Å². The predicted molar refractivity (Wildman–Crippen MR) is 441 cm³/mol. The number of hydrogen-bond acceptors (Lipinski definition) is 20. The Morgan fingerprint density at radius 3 is 1.00 bits per heavy atom. The molecule has 10 heterocycles. The highest BCUT2D eigenvalue weighted by molar-refractivity contribution is 5.38. The molecule has 16 rings (SSSR count). The molecule has 4 aromatic heterocycles. The number of nitrogens with zero attached hydrogens (tertiary/aromatic N) is 12. The second kappa shape index (κ2) is 37.2. The molecule has 0 amide bonds. The molecule has 8 fully saturated rings. The number of methoxy groups -OCH3 is 2. The Labute approximate surface area is 673 Å². The zero-order valence-corrected chi connectivity index (χ0v) is 72.0. The van der Waals surface area contributed by atoms with Crippen LogP contribution in [0.1, 0.15) is 274 Å². The fourth-order valence-electron chi connectivity index (χ4n) is 22.4. The van der Waals surface area contributed by atoms with Gasteiger partial charge in [0.05, 0.1) is 125 Å². The molecule has 0 bridgehead atoms. The summed E-state index contributed by atoms with van der Waals surface area (Å²) in [6, 6.07) is 0. The van der Waals surface area contributed by atoms with Gasteiger partial charge in [0.15, 0.2) is 0 Å². The van der Waals surface area contributed by atoms with Crippen molar-refractivity contribution < 1.29 is 37.9 Å². The Morgan fingerprint density at radius 2 is 0.714 bits per heavy atom. The van der Waals surface area contributed by atoms with E-state index in [-0.39, 0.29) is 22.0 Å². The lowest BCUT2D eigenvalue weighted by atomic mass is 9.69. The van der Waals surface area contributed by atoms with E-state index in [2.05, 4.69) is 108 Å². The van der Waals surface area contributed by atoms with Gasteiger partial charge in [-0.1, -0.05) is 27.7 Å². The summed E-state index contributed by atoms with van der Waals surface area (Å²) in [7, 11) is 12.2. The highest BCUT2D eigenvalue weighted by atomic mass is 16.5. The number of hydrogen-bond donors (Lipinski definition) is 4. The number of nitrogens with two attached hydrogens (primary N) is 4. The number of fused-ring (bicyclic) bond motifs is 4. The van der Waals surface area contributed by atoms with Gasteiger partial charge in [0.2, 0.25) is 0 Å². The molecule has 6 saturated carbocycles. The van der Waals surface area contributed by atoms with Crippen LogP contribution >= 0.6 is 0 Å². The molecule has 0 radical (unpaired) electrons. The third kappa shape index (κ3) is 20.4. The Kier molecular flexibility index (Phi) is 28.6. The molecule has 24 nitrogen and oxygen atoms in total. The van der Waals surface area contributed by atoms with Crippen molar-refractivity contribution in [2.75, 3.05) is 161 Å². The molecule has 6 aliphatic heterocycles. The van der Waals surface area contributed by atoms with Gasteiger partial charge in [-0.25, -0.2) is 0 Å². The van der Waals surface area contributed by atoms with Gasteiger partial charge in [0.25, 0.3) is 0 Å². The molecule has 8 N–H and O–H groups in total. The average Bonchev–Trinajstić information content (AvgIpc) is 1.57.